The number of phenolic OH excluding ortho intramolecular Hbond substituents is 1. The molecule has 5 unspecified atom stereocenters. The van der Waals surface area contributed by atoms with Gasteiger partial charge in [-0.1, -0.05) is 31.1 Å². The number of hydrogen-bond acceptors (Lipinski definition) is 13. The molecule has 3 aliphatic heterocycles. The first-order valence-electron chi connectivity index (χ1n) is 20.8. The van der Waals surface area contributed by atoms with E-state index in [0.29, 0.717) is 59.2 Å². The number of nitrogen functional groups attached to an aromatic ring is 1. The number of rotatable bonds is 10. The first-order chi connectivity index (χ1) is 27.2. The van der Waals surface area contributed by atoms with Gasteiger partial charge in [0.25, 0.3) is 0 Å². The number of nitrogens with zero attached hydrogens (tertiary/aromatic N) is 8. The Labute approximate surface area is 329 Å². The molecule has 1 aromatic carbocycles. The molecule has 56 heavy (non-hydrogen) atoms. The zero-order valence-corrected chi connectivity index (χ0v) is 32.9. The molecule has 5 aliphatic rings. The first-order valence-corrected chi connectivity index (χ1v) is 20.8. The van der Waals surface area contributed by atoms with Crippen molar-refractivity contribution in [2.75, 3.05) is 61.4 Å². The van der Waals surface area contributed by atoms with E-state index in [1.807, 2.05) is 51.1 Å². The molecule has 2 saturated carbocycles. The Hall–Kier alpha value is -4.78. The summed E-state index contributed by atoms with van der Waals surface area (Å²) >= 11 is 0. The number of aromatic hydroxyl groups is 1. The molecule has 2 bridgehead atoms. The van der Waals surface area contributed by atoms with E-state index in [0.717, 1.165) is 95.1 Å². The van der Waals surface area contributed by atoms with Crippen molar-refractivity contribution in [2.45, 2.75) is 89.0 Å². The Morgan fingerprint density at radius 1 is 1.00 bits per heavy atom. The molecule has 4 aromatic rings. The van der Waals surface area contributed by atoms with E-state index in [-0.39, 0.29) is 23.1 Å². The molecule has 2 aliphatic carbocycles. The second kappa shape index (κ2) is 14.9. The van der Waals surface area contributed by atoms with Crippen molar-refractivity contribution < 1.29 is 19.2 Å². The third-order valence-corrected chi connectivity index (χ3v) is 13.9. The molecule has 3 saturated heterocycles. The minimum absolute atomic E-state index is 0.0642. The summed E-state index contributed by atoms with van der Waals surface area (Å²) in [5.74, 6) is 4.64. The van der Waals surface area contributed by atoms with Gasteiger partial charge in [0.05, 0.1) is 18.0 Å². The topological polar surface area (TPSA) is 160 Å². The number of benzene rings is 1. The molecule has 0 spiro atoms. The van der Waals surface area contributed by atoms with Gasteiger partial charge in [0.15, 0.2) is 17.4 Å². The average Bonchev–Trinajstić information content (AvgIpc) is 3.75. The summed E-state index contributed by atoms with van der Waals surface area (Å²) in [7, 11) is 0. The predicted octanol–water partition coefficient (Wildman–Crippen LogP) is 6.16. The smallest absolute Gasteiger partial charge is 0.317 e. The summed E-state index contributed by atoms with van der Waals surface area (Å²) in [4.78, 5) is 30.2. The largest absolute Gasteiger partial charge is 0.507 e. The van der Waals surface area contributed by atoms with Crippen LogP contribution >= 0.6 is 0 Å². The molecule has 0 amide bonds. The highest BCUT2D eigenvalue weighted by molar-refractivity contribution is 5.78. The normalized spacial score (nSPS) is 26.2. The third-order valence-electron chi connectivity index (χ3n) is 13.9. The number of likely N-dealkylation sites (tertiary alicyclic amines) is 1. The molecular formula is C43H55N9O4. The molecule has 5 atom stereocenters. The molecular weight excluding hydrogens is 707 g/mol. The summed E-state index contributed by atoms with van der Waals surface area (Å²) in [6.45, 7) is 12.1. The maximum atomic E-state index is 12.6. The molecule has 9 rings (SSSR count). The number of esters is 1. The second-order valence-corrected chi connectivity index (χ2v) is 17.4. The number of hydrogen-bond donors (Lipinski definition) is 2. The Morgan fingerprint density at radius 3 is 2.50 bits per heavy atom. The third kappa shape index (κ3) is 6.65. The van der Waals surface area contributed by atoms with Gasteiger partial charge in [0.1, 0.15) is 17.5 Å². The molecule has 13 heteroatoms. The summed E-state index contributed by atoms with van der Waals surface area (Å²) < 4.78 is 11.0. The van der Waals surface area contributed by atoms with Crippen molar-refractivity contribution in [2.24, 2.45) is 23.7 Å². The van der Waals surface area contributed by atoms with Crippen LogP contribution in [-0.2, 0) is 14.9 Å². The number of carbonyl (C=O) groups excluding carboxylic acids is 1. The van der Waals surface area contributed by atoms with Crippen LogP contribution in [-0.4, -0.2) is 93.2 Å². The Kier molecular flexibility index (Phi) is 9.83. The second-order valence-electron chi connectivity index (χ2n) is 17.4. The summed E-state index contributed by atoms with van der Waals surface area (Å²) in [6.07, 6.45) is 12.1. The number of nitrogens with two attached hydrogens (primary N) is 1. The van der Waals surface area contributed by atoms with Crippen molar-refractivity contribution >= 4 is 23.3 Å². The molecule has 3 N–H and O–H groups in total. The molecule has 296 valence electrons. The minimum atomic E-state index is -0.439. The van der Waals surface area contributed by atoms with E-state index in [2.05, 4.69) is 42.4 Å². The molecule has 6 heterocycles. The van der Waals surface area contributed by atoms with Crippen LogP contribution in [0.3, 0.4) is 0 Å². The van der Waals surface area contributed by atoms with Crippen molar-refractivity contribution in [3.05, 3.63) is 65.9 Å². The summed E-state index contributed by atoms with van der Waals surface area (Å²) in [6, 6.07) is 11.7. The SMILES string of the molecule is CCOC(=O)C(c1cc(N2CCC(N3CCC(c4cnc(C56CC7CC5C(CN(c5cc(-c8ccccc8O)nnc5N)C7)C6)nc4)CC3)CC2)no1)C(C)C. The van der Waals surface area contributed by atoms with Gasteiger partial charge in [-0.25, -0.2) is 9.97 Å². The monoisotopic (exact) mass is 761 g/mol. The standard InChI is InChI=1S/C43H55N9O4/c1-4-55-41(54)39(26(2)3)37-19-38(49-56-37)51-15-11-31(12-16-51)50-13-9-28(10-14-50)30-22-45-42(46-23-30)43-20-27-17-33(43)29(21-43)25-52(24-27)35-18-34(47-48-40(35)44)32-7-5-6-8-36(32)53/h5-8,18-19,22-23,26-29,31,33,39,53H,4,9-17,20-21,24-25H2,1-3H3,(H2,44,48). The van der Waals surface area contributed by atoms with Gasteiger partial charge in [-0.05, 0) is 118 Å². The number of piperidine rings is 2. The van der Waals surface area contributed by atoms with E-state index < -0.39 is 5.92 Å². The van der Waals surface area contributed by atoms with Crippen LogP contribution in [0.15, 0.2) is 53.3 Å². The lowest BCUT2D eigenvalue weighted by atomic mass is 9.54. The molecule has 13 nitrogen and oxygen atoms in total. The Bertz CT molecular complexity index is 2020. The van der Waals surface area contributed by atoms with E-state index in [1.54, 1.807) is 6.07 Å². The molecule has 3 aromatic heterocycles. The number of para-hydroxylation sites is 1. The Morgan fingerprint density at radius 2 is 1.77 bits per heavy atom. The lowest BCUT2D eigenvalue weighted by molar-refractivity contribution is -0.146. The van der Waals surface area contributed by atoms with Crippen LogP contribution < -0.4 is 15.5 Å². The van der Waals surface area contributed by atoms with E-state index in [4.69, 9.17) is 25.0 Å². The number of ether oxygens (including phenoxy) is 1. The highest BCUT2D eigenvalue weighted by atomic mass is 16.5. The van der Waals surface area contributed by atoms with Crippen LogP contribution in [0.2, 0.25) is 0 Å². The minimum Gasteiger partial charge on any atom is -0.507 e. The number of fused-ring (bicyclic) bond motifs is 1. The maximum Gasteiger partial charge on any atom is 0.317 e. The van der Waals surface area contributed by atoms with E-state index >= 15 is 0 Å². The maximum absolute atomic E-state index is 12.6. The van der Waals surface area contributed by atoms with Gasteiger partial charge in [-0.15, -0.1) is 10.2 Å². The van der Waals surface area contributed by atoms with Crippen LogP contribution in [0.5, 0.6) is 5.75 Å². The summed E-state index contributed by atoms with van der Waals surface area (Å²) in [5, 5.41) is 23.4. The van der Waals surface area contributed by atoms with Gasteiger partial charge < -0.3 is 34.8 Å². The van der Waals surface area contributed by atoms with E-state index in [1.165, 1.54) is 12.0 Å². The Balaban J connectivity index is 0.778. The van der Waals surface area contributed by atoms with Gasteiger partial charge in [-0.3, -0.25) is 4.79 Å². The first kappa shape index (κ1) is 36.8. The highest BCUT2D eigenvalue weighted by Gasteiger charge is 2.63. The van der Waals surface area contributed by atoms with Crippen LogP contribution in [0.25, 0.3) is 11.3 Å². The zero-order chi connectivity index (χ0) is 38.6. The van der Waals surface area contributed by atoms with Crippen LogP contribution in [0, 0.1) is 23.7 Å². The van der Waals surface area contributed by atoms with Crippen molar-refractivity contribution in [3.8, 4) is 17.0 Å². The van der Waals surface area contributed by atoms with Gasteiger partial charge in [0.2, 0.25) is 0 Å². The predicted molar refractivity (Wildman–Crippen MR) is 213 cm³/mol. The van der Waals surface area contributed by atoms with E-state index in [9.17, 15) is 9.90 Å². The highest BCUT2D eigenvalue weighted by Crippen LogP contribution is 2.64. The number of phenols is 1. The van der Waals surface area contributed by atoms with Gasteiger partial charge >= 0.3 is 5.97 Å². The molecule has 5 fully saturated rings. The summed E-state index contributed by atoms with van der Waals surface area (Å²) in [5.41, 5.74) is 10.0. The van der Waals surface area contributed by atoms with Gasteiger partial charge in [-0.2, -0.15) is 0 Å². The fourth-order valence-corrected chi connectivity index (χ4v) is 11.1. The zero-order valence-electron chi connectivity index (χ0n) is 32.9. The lowest BCUT2D eigenvalue weighted by Crippen LogP contribution is -2.54. The quantitative estimate of drug-likeness (QED) is 0.177. The van der Waals surface area contributed by atoms with Crippen molar-refractivity contribution in [1.29, 1.82) is 0 Å². The number of aromatic nitrogens is 5. The number of anilines is 3. The van der Waals surface area contributed by atoms with Crippen molar-refractivity contribution in [3.63, 3.8) is 0 Å². The lowest BCUT2D eigenvalue weighted by Gasteiger charge is -2.52. The van der Waals surface area contributed by atoms with Crippen molar-refractivity contribution in [1.82, 2.24) is 30.2 Å². The van der Waals surface area contributed by atoms with Crippen LogP contribution in [0.1, 0.15) is 94.7 Å². The number of carbonyl (C=O) groups is 1. The average molecular weight is 762 g/mol. The fraction of sp³-hybridized carbons (Fsp3) is 0.581. The van der Waals surface area contributed by atoms with Gasteiger partial charge in [0, 0.05) is 61.7 Å². The fourth-order valence-electron chi connectivity index (χ4n) is 11.1. The van der Waals surface area contributed by atoms with Crippen LogP contribution in [0.4, 0.5) is 17.3 Å². The molecule has 0 radical (unpaired) electrons.